The molecule has 0 unspecified atom stereocenters. The monoisotopic (exact) mass is 416 g/mol. The van der Waals surface area contributed by atoms with E-state index >= 15 is 0 Å². The zero-order valence-corrected chi connectivity index (χ0v) is 17.1. The van der Waals surface area contributed by atoms with Crippen LogP contribution in [0.25, 0.3) is 0 Å². The fourth-order valence-corrected chi connectivity index (χ4v) is 5.02. The van der Waals surface area contributed by atoms with Crippen LogP contribution in [0.3, 0.4) is 0 Å². The molecule has 0 spiro atoms. The smallest absolute Gasteiger partial charge is 0.273 e. The molecule has 3 amide bonds. The Labute approximate surface area is 171 Å². The second-order valence-corrected chi connectivity index (χ2v) is 8.62. The van der Waals surface area contributed by atoms with E-state index in [9.17, 15) is 14.4 Å². The highest BCUT2D eigenvalue weighted by molar-refractivity contribution is 8.00. The average molecular weight is 417 g/mol. The molecule has 0 N–H and O–H groups in total. The van der Waals surface area contributed by atoms with E-state index in [1.165, 1.54) is 11.3 Å². The Kier molecular flexibility index (Phi) is 5.36. The molecule has 2 aliphatic rings. The summed E-state index contributed by atoms with van der Waals surface area (Å²) in [7, 11) is 0. The molecule has 2 aliphatic heterocycles. The first-order valence-electron chi connectivity index (χ1n) is 9.04. The minimum Gasteiger partial charge on any atom is -0.339 e. The number of fused-ring (bicyclic) bond motifs is 1. The van der Waals surface area contributed by atoms with E-state index < -0.39 is 0 Å². The lowest BCUT2D eigenvalue weighted by atomic mass is 10.2. The third kappa shape index (κ3) is 3.77. The number of aromatic nitrogens is 1. The summed E-state index contributed by atoms with van der Waals surface area (Å²) in [5.41, 5.74) is 1.30. The lowest BCUT2D eigenvalue weighted by Gasteiger charge is -2.33. The maximum Gasteiger partial charge on any atom is 0.273 e. The normalized spacial score (nSPS) is 16.9. The van der Waals surface area contributed by atoms with Gasteiger partial charge in [0.25, 0.3) is 5.91 Å². The molecular weight excluding hydrogens is 396 g/mol. The van der Waals surface area contributed by atoms with Crippen LogP contribution in [0.5, 0.6) is 0 Å². The zero-order chi connectivity index (χ0) is 19.7. The average Bonchev–Trinajstić information content (AvgIpc) is 3.18. The first kappa shape index (κ1) is 18.9. The third-order valence-electron chi connectivity index (χ3n) is 4.88. The highest BCUT2D eigenvalue weighted by Crippen LogP contribution is 2.36. The quantitative estimate of drug-likeness (QED) is 0.766. The van der Waals surface area contributed by atoms with Gasteiger partial charge < -0.3 is 14.7 Å². The van der Waals surface area contributed by atoms with Gasteiger partial charge in [-0.1, -0.05) is 12.1 Å². The van der Waals surface area contributed by atoms with Gasteiger partial charge in [0.05, 0.1) is 18.0 Å². The van der Waals surface area contributed by atoms with Crippen molar-refractivity contribution in [2.24, 2.45) is 0 Å². The molecule has 3 heterocycles. The SMILES string of the molecule is CC(=O)N1CCN(C(=O)c2csc(CN3C(=O)CSc4ccccc43)n2)CC1. The number of hydrogen-bond acceptors (Lipinski definition) is 6. The van der Waals surface area contributed by atoms with E-state index in [2.05, 4.69) is 4.98 Å². The van der Waals surface area contributed by atoms with Crippen LogP contribution in [0.15, 0.2) is 34.5 Å². The molecule has 0 saturated carbocycles. The van der Waals surface area contributed by atoms with Gasteiger partial charge in [0.1, 0.15) is 10.7 Å². The maximum absolute atomic E-state index is 12.7. The summed E-state index contributed by atoms with van der Waals surface area (Å²) in [6.45, 7) is 4.04. The van der Waals surface area contributed by atoms with E-state index in [0.717, 1.165) is 15.6 Å². The van der Waals surface area contributed by atoms with Gasteiger partial charge in [-0.05, 0) is 12.1 Å². The summed E-state index contributed by atoms with van der Waals surface area (Å²) in [5, 5.41) is 2.49. The lowest BCUT2D eigenvalue weighted by Crippen LogP contribution is -2.50. The number of rotatable bonds is 3. The molecule has 9 heteroatoms. The Balaban J connectivity index is 1.44. The van der Waals surface area contributed by atoms with Gasteiger partial charge in [0.15, 0.2) is 0 Å². The number of anilines is 1. The van der Waals surface area contributed by atoms with E-state index in [-0.39, 0.29) is 17.7 Å². The minimum atomic E-state index is -0.119. The highest BCUT2D eigenvalue weighted by atomic mass is 32.2. The summed E-state index contributed by atoms with van der Waals surface area (Å²) in [6.07, 6.45) is 0. The largest absolute Gasteiger partial charge is 0.339 e. The molecule has 28 heavy (non-hydrogen) atoms. The summed E-state index contributed by atoms with van der Waals surface area (Å²) in [5.74, 6) is 0.376. The molecule has 146 valence electrons. The van der Waals surface area contributed by atoms with Crippen LogP contribution < -0.4 is 4.90 Å². The van der Waals surface area contributed by atoms with E-state index in [4.69, 9.17) is 0 Å². The fraction of sp³-hybridized carbons (Fsp3) is 0.368. The fourth-order valence-electron chi connectivity index (χ4n) is 3.33. The van der Waals surface area contributed by atoms with E-state index in [1.54, 1.807) is 38.8 Å². The number of carbonyl (C=O) groups excluding carboxylic acids is 3. The van der Waals surface area contributed by atoms with Gasteiger partial charge in [0, 0.05) is 43.4 Å². The highest BCUT2D eigenvalue weighted by Gasteiger charge is 2.27. The van der Waals surface area contributed by atoms with Crippen molar-refractivity contribution in [1.82, 2.24) is 14.8 Å². The molecule has 7 nitrogen and oxygen atoms in total. The summed E-state index contributed by atoms with van der Waals surface area (Å²) in [4.78, 5) is 47.4. The van der Waals surface area contributed by atoms with Crippen LogP contribution in [-0.4, -0.2) is 64.4 Å². The summed E-state index contributed by atoms with van der Waals surface area (Å²) in [6, 6.07) is 7.83. The second-order valence-electron chi connectivity index (χ2n) is 6.66. The first-order valence-corrected chi connectivity index (χ1v) is 10.9. The Morgan fingerprint density at radius 2 is 1.82 bits per heavy atom. The summed E-state index contributed by atoms with van der Waals surface area (Å²) < 4.78 is 0. The molecule has 0 radical (unpaired) electrons. The Hall–Kier alpha value is -2.39. The van der Waals surface area contributed by atoms with Gasteiger partial charge >= 0.3 is 0 Å². The van der Waals surface area contributed by atoms with Crippen LogP contribution in [0.4, 0.5) is 5.69 Å². The van der Waals surface area contributed by atoms with Crippen molar-refractivity contribution in [3.05, 3.63) is 40.3 Å². The molecule has 0 bridgehead atoms. The van der Waals surface area contributed by atoms with Crippen molar-refractivity contribution < 1.29 is 14.4 Å². The molecule has 0 atom stereocenters. The maximum atomic E-state index is 12.7. The number of nitrogens with zero attached hydrogens (tertiary/aromatic N) is 4. The number of thiazole rings is 1. The first-order chi connectivity index (χ1) is 13.5. The molecule has 1 saturated heterocycles. The molecule has 2 aromatic rings. The minimum absolute atomic E-state index is 0.0349. The van der Waals surface area contributed by atoms with Crippen molar-refractivity contribution in [1.29, 1.82) is 0 Å². The van der Waals surface area contributed by atoms with Crippen molar-refractivity contribution >= 4 is 46.5 Å². The number of piperazine rings is 1. The second kappa shape index (κ2) is 7.92. The number of benzene rings is 1. The number of carbonyl (C=O) groups is 3. The molecule has 1 aromatic carbocycles. The van der Waals surface area contributed by atoms with Crippen molar-refractivity contribution in [3.63, 3.8) is 0 Å². The number of hydrogen-bond donors (Lipinski definition) is 0. The Bertz CT molecular complexity index is 921. The van der Waals surface area contributed by atoms with Crippen molar-refractivity contribution in [2.75, 3.05) is 36.8 Å². The topological polar surface area (TPSA) is 73.8 Å². The zero-order valence-electron chi connectivity index (χ0n) is 15.5. The predicted molar refractivity (Wildman–Crippen MR) is 109 cm³/mol. The Morgan fingerprint density at radius 1 is 1.11 bits per heavy atom. The lowest BCUT2D eigenvalue weighted by molar-refractivity contribution is -0.130. The standard InChI is InChI=1S/C19H20N4O3S2/c1-13(24)21-6-8-22(9-7-21)19(26)14-11-28-17(20-14)10-23-15-4-2-3-5-16(15)27-12-18(23)25/h2-5,11H,6-10,12H2,1H3. The van der Waals surface area contributed by atoms with E-state index in [1.807, 2.05) is 24.3 Å². The molecule has 0 aliphatic carbocycles. The Morgan fingerprint density at radius 3 is 2.57 bits per heavy atom. The molecule has 4 rings (SSSR count). The number of thioether (sulfide) groups is 1. The van der Waals surface area contributed by atoms with Crippen LogP contribution in [0.1, 0.15) is 22.4 Å². The van der Waals surface area contributed by atoms with Gasteiger partial charge in [-0.15, -0.1) is 23.1 Å². The van der Waals surface area contributed by atoms with Gasteiger partial charge in [-0.2, -0.15) is 0 Å². The number of amides is 3. The van der Waals surface area contributed by atoms with E-state index in [0.29, 0.717) is 44.2 Å². The molecule has 1 aromatic heterocycles. The number of para-hydroxylation sites is 1. The van der Waals surface area contributed by atoms with Crippen molar-refractivity contribution in [2.45, 2.75) is 18.4 Å². The summed E-state index contributed by atoms with van der Waals surface area (Å²) >= 11 is 2.94. The van der Waals surface area contributed by atoms with Crippen LogP contribution in [-0.2, 0) is 16.1 Å². The van der Waals surface area contributed by atoms with Crippen LogP contribution >= 0.6 is 23.1 Å². The molecular formula is C19H20N4O3S2. The predicted octanol–water partition coefficient (Wildman–Crippen LogP) is 2.09. The third-order valence-corrected chi connectivity index (χ3v) is 6.77. The van der Waals surface area contributed by atoms with Gasteiger partial charge in [-0.3, -0.25) is 14.4 Å². The van der Waals surface area contributed by atoms with Gasteiger partial charge in [0.2, 0.25) is 11.8 Å². The van der Waals surface area contributed by atoms with Crippen LogP contribution in [0, 0.1) is 0 Å². The molecule has 1 fully saturated rings. The van der Waals surface area contributed by atoms with Gasteiger partial charge in [-0.25, -0.2) is 4.98 Å². The van der Waals surface area contributed by atoms with Crippen molar-refractivity contribution in [3.8, 4) is 0 Å². The van der Waals surface area contributed by atoms with Crippen LogP contribution in [0.2, 0.25) is 0 Å².